The molecule has 0 bridgehead atoms. The molecule has 0 aromatic carbocycles. The number of urea groups is 1. The molecule has 490 valence electrons. The van der Waals surface area contributed by atoms with Gasteiger partial charge in [-0.05, 0) is 119 Å². The van der Waals surface area contributed by atoms with Crippen molar-refractivity contribution in [1.82, 2.24) is 25.1 Å². The van der Waals surface area contributed by atoms with Crippen molar-refractivity contribution in [2.24, 2.45) is 28.8 Å². The van der Waals surface area contributed by atoms with E-state index in [1.807, 2.05) is 32.8 Å². The van der Waals surface area contributed by atoms with E-state index < -0.39 is 146 Å². The summed E-state index contributed by atoms with van der Waals surface area (Å²) in [4.78, 5) is 63.2. The van der Waals surface area contributed by atoms with Crippen LogP contribution in [0.1, 0.15) is 160 Å². The molecule has 1 aromatic heterocycles. The highest BCUT2D eigenvalue weighted by Gasteiger charge is 2.54. The number of ether oxygens (including phenoxy) is 7. The zero-order chi connectivity index (χ0) is 63.9. The van der Waals surface area contributed by atoms with E-state index in [4.69, 9.17) is 42.4 Å². The lowest BCUT2D eigenvalue weighted by molar-refractivity contribution is -0.317. The number of aromatic amines is 1. The Morgan fingerprint density at radius 2 is 1.58 bits per heavy atom. The normalized spacial score (nSPS) is 38.9. The second-order valence-electron chi connectivity index (χ2n) is 27.3. The van der Waals surface area contributed by atoms with Crippen LogP contribution in [0.3, 0.4) is 0 Å². The summed E-state index contributed by atoms with van der Waals surface area (Å²) in [6, 6.07) is -1.25. The maximum atomic E-state index is 14.6. The van der Waals surface area contributed by atoms with Gasteiger partial charge in [-0.2, -0.15) is 0 Å². The molecule has 0 radical (unpaired) electrons. The number of carbonyl (C=O) groups excluding carboxylic acids is 2. The smallest absolute Gasteiger partial charge is 0.330 e. The molecule has 21 atom stereocenters. The van der Waals surface area contributed by atoms with Gasteiger partial charge >= 0.3 is 17.7 Å². The predicted octanol–water partition coefficient (Wildman–Crippen LogP) is 4.99. The Kier molecular flexibility index (Phi) is 25.5. The first-order chi connectivity index (χ1) is 39.4. The highest BCUT2D eigenvalue weighted by molar-refractivity contribution is 6.74. The molecular formula is C60H108N6O18Si. The first-order valence-corrected chi connectivity index (χ1v) is 33.7. The molecule has 25 heteroatoms. The Morgan fingerprint density at radius 3 is 2.20 bits per heavy atom. The SMILES string of the molecule is CCC1OC(=O)[C@H](C)C(O[C@H]2C[C@@](C)(OC)[C@@H](O)[C@H](C)O2)[C@H](C)[C@@H](O[C@@H]2O[C@H](C)C[C@H](N(C)C)[C@H]2O)[C@](C)(O)C[C@@H](C)/C(=N\OCCCCCCNC(=O)N[C@H]2C[C@H](n3cc(C)c(=O)[nH]c3=O)O[C@@H]2CO[Si](C)(C)C(C)(C)C)[C@H](C)[C@@H](O)[C@]1(C)O. The van der Waals surface area contributed by atoms with Gasteiger partial charge in [-0.1, -0.05) is 60.0 Å². The average Bonchev–Trinajstić information content (AvgIpc) is 2.61. The number of aliphatic hydroxyl groups is 5. The maximum Gasteiger partial charge on any atom is 0.330 e. The van der Waals surface area contributed by atoms with Gasteiger partial charge < -0.3 is 83.5 Å². The molecule has 0 spiro atoms. The van der Waals surface area contributed by atoms with E-state index >= 15 is 0 Å². The minimum atomic E-state index is -2.21. The summed E-state index contributed by atoms with van der Waals surface area (Å²) in [5.74, 6) is -4.30. The minimum absolute atomic E-state index is 0.0539. The maximum absolute atomic E-state index is 14.6. The number of methoxy groups -OCH3 is 1. The van der Waals surface area contributed by atoms with Crippen molar-refractivity contribution >= 4 is 26.0 Å². The number of likely N-dealkylation sites (N-methyl/N-ethyl adjacent to an activating group) is 1. The average molecular weight is 1230 g/mol. The van der Waals surface area contributed by atoms with E-state index in [0.717, 1.165) is 6.42 Å². The van der Waals surface area contributed by atoms with Crippen LogP contribution in [0.25, 0.3) is 0 Å². The third-order valence-electron chi connectivity index (χ3n) is 18.9. The lowest BCUT2D eigenvalue weighted by Crippen LogP contribution is -2.61. The molecule has 24 nitrogen and oxygen atoms in total. The first-order valence-electron chi connectivity index (χ1n) is 30.8. The first kappa shape index (κ1) is 72.3. The highest BCUT2D eigenvalue weighted by Crippen LogP contribution is 2.42. The number of amides is 2. The Labute approximate surface area is 504 Å². The number of rotatable bonds is 20. The molecule has 0 saturated carbocycles. The Balaban J connectivity index is 1.32. The number of nitrogens with zero attached hydrogens (tertiary/aromatic N) is 3. The number of aliphatic hydroxyl groups excluding tert-OH is 3. The molecule has 2 amide bonds. The number of H-pyrrole nitrogens is 1. The van der Waals surface area contributed by atoms with Gasteiger partial charge in [0.1, 0.15) is 42.9 Å². The molecular weight excluding hydrogens is 1120 g/mol. The van der Waals surface area contributed by atoms with Gasteiger partial charge in [-0.25, -0.2) is 9.59 Å². The number of unbranched alkanes of at least 4 members (excludes halogenated alkanes) is 3. The number of esters is 1. The summed E-state index contributed by atoms with van der Waals surface area (Å²) < 4.78 is 52.3. The third-order valence-corrected chi connectivity index (χ3v) is 23.4. The van der Waals surface area contributed by atoms with Crippen molar-refractivity contribution in [3.8, 4) is 0 Å². The van der Waals surface area contributed by atoms with Crippen molar-refractivity contribution < 1.29 is 77.5 Å². The summed E-state index contributed by atoms with van der Waals surface area (Å²) in [5.41, 5.74) is -5.32. The van der Waals surface area contributed by atoms with Gasteiger partial charge in [0.15, 0.2) is 20.9 Å². The summed E-state index contributed by atoms with van der Waals surface area (Å²) >= 11 is 0. The zero-order valence-electron chi connectivity index (χ0n) is 54.3. The summed E-state index contributed by atoms with van der Waals surface area (Å²) in [7, 11) is 3.00. The number of cyclic esters (lactones) is 1. The molecule has 5 heterocycles. The van der Waals surface area contributed by atoms with E-state index in [2.05, 4.69) is 54.6 Å². The monoisotopic (exact) mass is 1230 g/mol. The van der Waals surface area contributed by atoms with Gasteiger partial charge in [-0.3, -0.25) is 19.1 Å². The lowest BCUT2D eigenvalue weighted by atomic mass is 9.73. The minimum Gasteiger partial charge on any atom is -0.459 e. The summed E-state index contributed by atoms with van der Waals surface area (Å²) in [6.07, 6.45) is -6.84. The van der Waals surface area contributed by atoms with Gasteiger partial charge in [0.25, 0.3) is 5.56 Å². The molecule has 2 unspecified atom stereocenters. The fraction of sp³-hybridized carbons (Fsp3) is 0.883. The molecule has 0 aliphatic carbocycles. The van der Waals surface area contributed by atoms with Crippen LogP contribution in [0.4, 0.5) is 4.79 Å². The van der Waals surface area contributed by atoms with Crippen LogP contribution >= 0.6 is 0 Å². The van der Waals surface area contributed by atoms with E-state index in [-0.39, 0.29) is 56.1 Å². The Hall–Kier alpha value is -3.41. The van der Waals surface area contributed by atoms with Crippen LogP contribution in [-0.2, 0) is 47.2 Å². The summed E-state index contributed by atoms with van der Waals surface area (Å²) in [6.45, 7) is 30.0. The van der Waals surface area contributed by atoms with E-state index in [0.29, 0.717) is 43.5 Å². The Bertz CT molecular complexity index is 2470. The van der Waals surface area contributed by atoms with Gasteiger partial charge in [0.2, 0.25) is 0 Å². The Morgan fingerprint density at radius 1 is 0.918 bits per heavy atom. The number of nitrogens with one attached hydrogen (secondary N) is 3. The van der Waals surface area contributed by atoms with Gasteiger partial charge in [-0.15, -0.1) is 0 Å². The molecule has 1 aromatic rings. The lowest BCUT2D eigenvalue weighted by Gasteiger charge is -2.49. The molecule has 5 rings (SSSR count). The zero-order valence-corrected chi connectivity index (χ0v) is 55.3. The molecule has 4 saturated heterocycles. The summed E-state index contributed by atoms with van der Waals surface area (Å²) in [5, 5.41) is 70.9. The number of carbonyl (C=O) groups is 2. The number of hydrogen-bond acceptors (Lipinski definition) is 20. The molecule has 4 aliphatic heterocycles. The van der Waals surface area contributed by atoms with Crippen molar-refractivity contribution in [2.45, 2.75) is 275 Å². The highest BCUT2D eigenvalue weighted by atomic mass is 28.4. The van der Waals surface area contributed by atoms with Gasteiger partial charge in [0.05, 0.1) is 66.0 Å². The number of oxime groups is 1. The van der Waals surface area contributed by atoms with Gasteiger partial charge in [0, 0.05) is 62.1 Å². The quantitative estimate of drug-likeness (QED) is 0.0369. The van der Waals surface area contributed by atoms with Crippen LogP contribution in [-0.4, -0.2) is 203 Å². The van der Waals surface area contributed by atoms with Crippen LogP contribution in [0.2, 0.25) is 18.1 Å². The molecule has 85 heavy (non-hydrogen) atoms. The molecule has 4 fully saturated rings. The van der Waals surface area contributed by atoms with E-state index in [1.165, 1.54) is 24.8 Å². The van der Waals surface area contributed by atoms with Crippen LogP contribution in [0.15, 0.2) is 20.9 Å². The number of aryl methyl sites for hydroxylation is 1. The van der Waals surface area contributed by atoms with E-state index in [9.17, 15) is 44.7 Å². The topological polar surface area (TPSA) is 313 Å². The van der Waals surface area contributed by atoms with Crippen LogP contribution in [0.5, 0.6) is 0 Å². The van der Waals surface area contributed by atoms with Crippen molar-refractivity contribution in [3.63, 3.8) is 0 Å². The van der Waals surface area contributed by atoms with Crippen LogP contribution in [0, 0.1) is 30.6 Å². The largest absolute Gasteiger partial charge is 0.459 e. The molecule has 4 aliphatic rings. The second kappa shape index (κ2) is 29.9. The third kappa shape index (κ3) is 17.9. The van der Waals surface area contributed by atoms with E-state index in [1.54, 1.807) is 55.4 Å². The predicted molar refractivity (Wildman–Crippen MR) is 321 cm³/mol. The van der Waals surface area contributed by atoms with Crippen molar-refractivity contribution in [2.75, 3.05) is 41.0 Å². The fourth-order valence-electron chi connectivity index (χ4n) is 12.3. The standard InChI is InChI=1S/C60H108N6O18Si/c1-20-43-60(14,75)49(68)36(5)46(64-77-26-24-22-21-23-25-61-55(72)62-40-28-44(66-31-34(3)52(70)63-56(66)73)81-42(40)32-78-85(18,19)57(9,10)11)33(2)29-58(12,74)51(84-54-47(67)41(65(15)16)27-35(4)79-54)37(6)48(38(7)53(71)82-43)83-45-30-59(13,76-17)50(69)39(8)80-45/h31,33,35-45,47-51,54,67-69,74-75H,20-30,32H2,1-19H3,(H2,61,62,72)(H,63,70,73)/b64-46+/t33-,35-,36+,37+,38-,39+,40+,41+,42-,43?,44-,45+,47-,48?,49-,50+,51-,54+,58-,59-,60-/m1/s1. The number of aromatic nitrogens is 2. The fourth-order valence-corrected chi connectivity index (χ4v) is 13.3. The second-order valence-corrected chi connectivity index (χ2v) is 32.1. The number of hydrogen-bond donors (Lipinski definition) is 8. The van der Waals surface area contributed by atoms with Crippen LogP contribution < -0.4 is 21.9 Å². The molecule has 8 N–H and O–H groups in total. The van der Waals surface area contributed by atoms with Crippen molar-refractivity contribution in [1.29, 1.82) is 0 Å². The van der Waals surface area contributed by atoms with Crippen molar-refractivity contribution in [3.05, 3.63) is 32.6 Å².